The average Bonchev–Trinajstić information content (AvgIpc) is 2.51. The number of nitrogen functional groups attached to an aromatic ring is 1. The van der Waals surface area contributed by atoms with Crippen LogP contribution in [0.3, 0.4) is 0 Å². The molecule has 128 valence electrons. The van der Waals surface area contributed by atoms with Gasteiger partial charge < -0.3 is 21.1 Å². The van der Waals surface area contributed by atoms with E-state index in [9.17, 15) is 0 Å². The molecule has 0 radical (unpaired) electrons. The van der Waals surface area contributed by atoms with Gasteiger partial charge in [-0.3, -0.25) is 0 Å². The topological polar surface area (TPSA) is 90.3 Å². The molecule has 1 aliphatic rings. The Morgan fingerprint density at radius 1 is 1.29 bits per heavy atom. The van der Waals surface area contributed by atoms with E-state index in [1.54, 1.807) is 7.11 Å². The first-order chi connectivity index (χ1) is 11.5. The Kier molecular flexibility index (Phi) is 4.78. The van der Waals surface area contributed by atoms with Gasteiger partial charge in [0.05, 0.1) is 12.8 Å². The summed E-state index contributed by atoms with van der Waals surface area (Å²) in [5, 5.41) is 0.672. The van der Waals surface area contributed by atoms with Crippen LogP contribution < -0.4 is 21.1 Å². The molecule has 0 spiro atoms. The van der Waals surface area contributed by atoms with E-state index in [4.69, 9.17) is 27.8 Å². The second kappa shape index (κ2) is 6.83. The van der Waals surface area contributed by atoms with Crippen LogP contribution in [0.4, 0.5) is 11.8 Å². The number of anilines is 2. The van der Waals surface area contributed by atoms with E-state index < -0.39 is 0 Å². The molecule has 2 aromatic rings. The van der Waals surface area contributed by atoms with Gasteiger partial charge >= 0.3 is 0 Å². The third-order valence-corrected chi connectivity index (χ3v) is 4.62. The quantitative estimate of drug-likeness (QED) is 0.863. The standard InChI is InChI=1S/C17H22ClN5O/c1-23(9-11-5-12(18)3-4-15(11)24-2)16-8-14(21-17(20)22-16)10-6-13(19)7-10/h3-5,8,10,13H,6-7,9,19H2,1-2H3,(H2,20,21,22). The van der Waals surface area contributed by atoms with Crippen molar-refractivity contribution in [1.82, 2.24) is 9.97 Å². The fourth-order valence-electron chi connectivity index (χ4n) is 2.99. The molecule has 6 nitrogen and oxygen atoms in total. The van der Waals surface area contributed by atoms with E-state index >= 15 is 0 Å². The SMILES string of the molecule is COc1ccc(Cl)cc1CN(C)c1cc(C2CC(N)C2)nc(N)n1. The van der Waals surface area contributed by atoms with E-state index in [1.165, 1.54) is 0 Å². The Labute approximate surface area is 146 Å². The minimum atomic E-state index is 0.267. The summed E-state index contributed by atoms with van der Waals surface area (Å²) in [6, 6.07) is 7.83. The number of benzene rings is 1. The molecular formula is C17H22ClN5O. The van der Waals surface area contributed by atoms with Gasteiger partial charge in [0.1, 0.15) is 11.6 Å². The van der Waals surface area contributed by atoms with Gasteiger partial charge in [-0.05, 0) is 31.0 Å². The molecule has 1 fully saturated rings. The number of nitrogens with two attached hydrogens (primary N) is 2. The molecule has 0 amide bonds. The molecule has 24 heavy (non-hydrogen) atoms. The van der Waals surface area contributed by atoms with Crippen molar-refractivity contribution in [3.63, 3.8) is 0 Å². The smallest absolute Gasteiger partial charge is 0.222 e. The molecule has 0 unspecified atom stereocenters. The molecule has 1 aromatic heterocycles. The zero-order valence-electron chi connectivity index (χ0n) is 13.9. The fourth-order valence-corrected chi connectivity index (χ4v) is 3.18. The number of aromatic nitrogens is 2. The summed E-state index contributed by atoms with van der Waals surface area (Å²) in [4.78, 5) is 10.7. The fraction of sp³-hybridized carbons (Fsp3) is 0.412. The van der Waals surface area contributed by atoms with Crippen molar-refractivity contribution in [2.45, 2.75) is 31.3 Å². The third kappa shape index (κ3) is 3.55. The lowest BCUT2D eigenvalue weighted by molar-refractivity contribution is 0.345. The summed E-state index contributed by atoms with van der Waals surface area (Å²) in [5.41, 5.74) is 13.7. The summed E-state index contributed by atoms with van der Waals surface area (Å²) < 4.78 is 5.40. The second-order valence-corrected chi connectivity index (χ2v) is 6.69. The highest BCUT2D eigenvalue weighted by Gasteiger charge is 2.29. The number of nitrogens with zero attached hydrogens (tertiary/aromatic N) is 3. The number of halogens is 1. The van der Waals surface area contributed by atoms with Crippen LogP contribution in [0.15, 0.2) is 24.3 Å². The van der Waals surface area contributed by atoms with Crippen LogP contribution in [0.1, 0.15) is 30.0 Å². The minimum absolute atomic E-state index is 0.267. The summed E-state index contributed by atoms with van der Waals surface area (Å²) in [6.45, 7) is 0.601. The zero-order chi connectivity index (χ0) is 17.3. The number of rotatable bonds is 5. The first kappa shape index (κ1) is 16.8. The highest BCUT2D eigenvalue weighted by molar-refractivity contribution is 6.30. The van der Waals surface area contributed by atoms with Gasteiger partial charge in [0.15, 0.2) is 0 Å². The van der Waals surface area contributed by atoms with Crippen molar-refractivity contribution in [3.8, 4) is 5.75 Å². The first-order valence-electron chi connectivity index (χ1n) is 7.90. The van der Waals surface area contributed by atoms with Crippen LogP contribution >= 0.6 is 11.6 Å². The van der Waals surface area contributed by atoms with E-state index in [0.29, 0.717) is 17.5 Å². The van der Waals surface area contributed by atoms with Crippen LogP contribution in [-0.4, -0.2) is 30.2 Å². The maximum atomic E-state index is 6.10. The number of methoxy groups -OCH3 is 1. The molecule has 1 heterocycles. The van der Waals surface area contributed by atoms with Crippen molar-refractivity contribution in [2.75, 3.05) is 24.8 Å². The predicted molar refractivity (Wildman–Crippen MR) is 96.5 cm³/mol. The Morgan fingerprint density at radius 3 is 2.71 bits per heavy atom. The molecule has 1 aliphatic carbocycles. The van der Waals surface area contributed by atoms with Gasteiger partial charge in [0.2, 0.25) is 5.95 Å². The Balaban J connectivity index is 1.82. The number of hydrogen-bond acceptors (Lipinski definition) is 6. The monoisotopic (exact) mass is 347 g/mol. The molecule has 0 aliphatic heterocycles. The Hall–Kier alpha value is -2.05. The second-order valence-electron chi connectivity index (χ2n) is 6.25. The normalized spacial score (nSPS) is 19.7. The van der Waals surface area contributed by atoms with Crippen LogP contribution in [0.5, 0.6) is 5.75 Å². The van der Waals surface area contributed by atoms with Gasteiger partial charge in [0.25, 0.3) is 0 Å². The lowest BCUT2D eigenvalue weighted by Gasteiger charge is -2.32. The highest BCUT2D eigenvalue weighted by atomic mass is 35.5. The van der Waals surface area contributed by atoms with Crippen molar-refractivity contribution in [3.05, 3.63) is 40.5 Å². The van der Waals surface area contributed by atoms with Crippen LogP contribution in [0, 0.1) is 0 Å². The van der Waals surface area contributed by atoms with E-state index in [-0.39, 0.29) is 12.0 Å². The van der Waals surface area contributed by atoms with Crippen LogP contribution in [0.2, 0.25) is 5.02 Å². The Morgan fingerprint density at radius 2 is 2.04 bits per heavy atom. The molecule has 0 bridgehead atoms. The van der Waals surface area contributed by atoms with Crippen molar-refractivity contribution in [1.29, 1.82) is 0 Å². The van der Waals surface area contributed by atoms with Gasteiger partial charge in [0, 0.05) is 42.2 Å². The molecule has 3 rings (SSSR count). The van der Waals surface area contributed by atoms with E-state index in [1.807, 2.05) is 36.2 Å². The maximum Gasteiger partial charge on any atom is 0.222 e. The van der Waals surface area contributed by atoms with Gasteiger partial charge in [-0.2, -0.15) is 4.98 Å². The summed E-state index contributed by atoms with van der Waals surface area (Å²) >= 11 is 6.10. The van der Waals surface area contributed by atoms with Crippen LogP contribution in [-0.2, 0) is 6.54 Å². The summed E-state index contributed by atoms with van der Waals surface area (Å²) in [5.74, 6) is 2.23. The minimum Gasteiger partial charge on any atom is -0.496 e. The summed E-state index contributed by atoms with van der Waals surface area (Å²) in [6.07, 6.45) is 1.89. The number of hydrogen-bond donors (Lipinski definition) is 2. The molecular weight excluding hydrogens is 326 g/mol. The molecule has 7 heteroatoms. The molecule has 0 atom stereocenters. The third-order valence-electron chi connectivity index (χ3n) is 4.38. The van der Waals surface area contributed by atoms with Crippen LogP contribution in [0.25, 0.3) is 0 Å². The Bertz CT molecular complexity index is 733. The lowest BCUT2D eigenvalue weighted by Crippen LogP contribution is -2.35. The lowest BCUT2D eigenvalue weighted by atomic mass is 9.78. The van der Waals surface area contributed by atoms with E-state index in [0.717, 1.165) is 35.7 Å². The molecule has 0 saturated heterocycles. The highest BCUT2D eigenvalue weighted by Crippen LogP contribution is 2.36. The molecule has 4 N–H and O–H groups in total. The average molecular weight is 348 g/mol. The largest absolute Gasteiger partial charge is 0.496 e. The predicted octanol–water partition coefficient (Wildman–Crippen LogP) is 2.56. The molecule has 1 saturated carbocycles. The van der Waals surface area contributed by atoms with Gasteiger partial charge in [-0.25, -0.2) is 4.98 Å². The first-order valence-corrected chi connectivity index (χ1v) is 8.27. The van der Waals surface area contributed by atoms with Crippen molar-refractivity contribution in [2.24, 2.45) is 5.73 Å². The van der Waals surface area contributed by atoms with E-state index in [2.05, 4.69) is 9.97 Å². The maximum absolute atomic E-state index is 6.10. The number of ether oxygens (including phenoxy) is 1. The van der Waals surface area contributed by atoms with Crippen molar-refractivity contribution >= 4 is 23.4 Å². The zero-order valence-corrected chi connectivity index (χ0v) is 14.6. The molecule has 1 aromatic carbocycles. The van der Waals surface area contributed by atoms with Crippen molar-refractivity contribution < 1.29 is 4.74 Å². The summed E-state index contributed by atoms with van der Waals surface area (Å²) in [7, 11) is 3.60. The van der Waals surface area contributed by atoms with Gasteiger partial charge in [-0.15, -0.1) is 0 Å². The van der Waals surface area contributed by atoms with Gasteiger partial charge in [-0.1, -0.05) is 11.6 Å².